The van der Waals surface area contributed by atoms with Gasteiger partial charge < -0.3 is 14.4 Å². The van der Waals surface area contributed by atoms with E-state index in [1.54, 1.807) is 4.90 Å². The van der Waals surface area contributed by atoms with Crippen molar-refractivity contribution in [2.24, 2.45) is 0 Å². The summed E-state index contributed by atoms with van der Waals surface area (Å²) in [6, 6.07) is 9.14. The molecule has 0 radical (unpaired) electrons. The highest BCUT2D eigenvalue weighted by molar-refractivity contribution is 5.94. The van der Waals surface area contributed by atoms with Gasteiger partial charge >= 0.3 is 0 Å². The first-order chi connectivity index (χ1) is 12.6. The Balaban J connectivity index is 1.35. The van der Waals surface area contributed by atoms with Gasteiger partial charge in [0.15, 0.2) is 23.1 Å². The molecule has 0 saturated carbocycles. The lowest BCUT2D eigenvalue weighted by Crippen LogP contribution is -2.48. The number of ether oxygens (including phenoxy) is 2. The van der Waals surface area contributed by atoms with Gasteiger partial charge in [0.1, 0.15) is 0 Å². The van der Waals surface area contributed by atoms with Crippen LogP contribution in [0.1, 0.15) is 15.9 Å². The molecule has 0 aromatic heterocycles. The fraction of sp³-hybridized carbons (Fsp3) is 0.316. The highest BCUT2D eigenvalue weighted by Gasteiger charge is 2.23. The molecule has 1 saturated heterocycles. The molecule has 0 unspecified atom stereocenters. The van der Waals surface area contributed by atoms with Gasteiger partial charge in [0.25, 0.3) is 5.91 Å². The molecule has 136 valence electrons. The van der Waals surface area contributed by atoms with Crippen LogP contribution in [0.25, 0.3) is 0 Å². The van der Waals surface area contributed by atoms with Gasteiger partial charge in [-0.15, -0.1) is 0 Å². The largest absolute Gasteiger partial charge is 0.454 e. The van der Waals surface area contributed by atoms with Gasteiger partial charge in [0, 0.05) is 38.3 Å². The Kier molecular flexibility index (Phi) is 4.46. The first-order valence-corrected chi connectivity index (χ1v) is 8.45. The fourth-order valence-corrected chi connectivity index (χ4v) is 3.22. The highest BCUT2D eigenvalue weighted by atomic mass is 19.2. The second kappa shape index (κ2) is 6.92. The molecule has 2 heterocycles. The standard InChI is InChI=1S/C19H18F2N2O3/c20-15-3-2-14(10-16(15)21)19(24)23-7-5-22(6-8-23)11-13-1-4-17-18(9-13)26-12-25-17/h1-4,9-10H,5-8,11-12H2. The monoisotopic (exact) mass is 360 g/mol. The van der Waals surface area contributed by atoms with E-state index in [-0.39, 0.29) is 18.3 Å². The summed E-state index contributed by atoms with van der Waals surface area (Å²) in [5, 5.41) is 0. The van der Waals surface area contributed by atoms with Crippen molar-refractivity contribution in [2.45, 2.75) is 6.54 Å². The van der Waals surface area contributed by atoms with E-state index in [1.807, 2.05) is 18.2 Å². The lowest BCUT2D eigenvalue weighted by atomic mass is 10.1. The second-order valence-corrected chi connectivity index (χ2v) is 6.38. The molecule has 7 heteroatoms. The first kappa shape index (κ1) is 16.8. The van der Waals surface area contributed by atoms with Gasteiger partial charge in [0.2, 0.25) is 6.79 Å². The average molecular weight is 360 g/mol. The van der Waals surface area contributed by atoms with Gasteiger partial charge in [-0.2, -0.15) is 0 Å². The number of piperazine rings is 1. The lowest BCUT2D eigenvalue weighted by molar-refractivity contribution is 0.0628. The highest BCUT2D eigenvalue weighted by Crippen LogP contribution is 2.32. The molecule has 4 rings (SSSR count). The molecule has 26 heavy (non-hydrogen) atoms. The molecule has 1 amide bonds. The molecular weight excluding hydrogens is 342 g/mol. The zero-order valence-corrected chi connectivity index (χ0v) is 14.1. The van der Waals surface area contributed by atoms with Gasteiger partial charge in [-0.25, -0.2) is 8.78 Å². The van der Waals surface area contributed by atoms with E-state index < -0.39 is 11.6 Å². The molecular formula is C19H18F2N2O3. The molecule has 0 N–H and O–H groups in total. The maximum atomic E-state index is 13.3. The first-order valence-electron chi connectivity index (χ1n) is 8.45. The van der Waals surface area contributed by atoms with Crippen molar-refractivity contribution in [2.75, 3.05) is 33.0 Å². The van der Waals surface area contributed by atoms with Gasteiger partial charge in [-0.3, -0.25) is 9.69 Å². The minimum atomic E-state index is -1.00. The van der Waals surface area contributed by atoms with Crippen LogP contribution >= 0.6 is 0 Å². The number of fused-ring (bicyclic) bond motifs is 1. The summed E-state index contributed by atoms with van der Waals surface area (Å²) in [5.41, 5.74) is 1.29. The summed E-state index contributed by atoms with van der Waals surface area (Å²) >= 11 is 0. The molecule has 0 bridgehead atoms. The van der Waals surface area contributed by atoms with Crippen molar-refractivity contribution in [3.05, 3.63) is 59.2 Å². The van der Waals surface area contributed by atoms with E-state index in [2.05, 4.69) is 4.90 Å². The predicted molar refractivity (Wildman–Crippen MR) is 90.1 cm³/mol. The molecule has 0 atom stereocenters. The Morgan fingerprint density at radius 2 is 1.69 bits per heavy atom. The maximum absolute atomic E-state index is 13.3. The van der Waals surface area contributed by atoms with Gasteiger partial charge in [0.05, 0.1) is 0 Å². The van der Waals surface area contributed by atoms with Crippen LogP contribution in [0, 0.1) is 11.6 Å². The van der Waals surface area contributed by atoms with E-state index in [1.165, 1.54) is 6.07 Å². The SMILES string of the molecule is O=C(c1ccc(F)c(F)c1)N1CCN(Cc2ccc3c(c2)OCO3)CC1. The Morgan fingerprint density at radius 1 is 0.923 bits per heavy atom. The quantitative estimate of drug-likeness (QED) is 0.844. The third-order valence-electron chi connectivity index (χ3n) is 4.67. The molecule has 5 nitrogen and oxygen atoms in total. The zero-order valence-electron chi connectivity index (χ0n) is 14.1. The molecule has 1 fully saturated rings. The second-order valence-electron chi connectivity index (χ2n) is 6.38. The summed E-state index contributed by atoms with van der Waals surface area (Å²) in [4.78, 5) is 16.4. The van der Waals surface area contributed by atoms with Crippen LogP contribution in [-0.4, -0.2) is 48.7 Å². The number of halogens is 2. The molecule has 2 aromatic carbocycles. The van der Waals surface area contributed by atoms with Crippen molar-refractivity contribution in [3.8, 4) is 11.5 Å². The van der Waals surface area contributed by atoms with E-state index >= 15 is 0 Å². The van der Waals surface area contributed by atoms with E-state index in [0.29, 0.717) is 26.2 Å². The minimum Gasteiger partial charge on any atom is -0.454 e. The van der Waals surface area contributed by atoms with Crippen molar-refractivity contribution in [3.63, 3.8) is 0 Å². The molecule has 2 aliphatic heterocycles. The maximum Gasteiger partial charge on any atom is 0.254 e. The molecule has 2 aliphatic rings. The molecule has 2 aromatic rings. The third kappa shape index (κ3) is 3.35. The third-order valence-corrected chi connectivity index (χ3v) is 4.67. The summed E-state index contributed by atoms with van der Waals surface area (Å²) < 4.78 is 37.1. The van der Waals surface area contributed by atoms with Crippen LogP contribution in [0.2, 0.25) is 0 Å². The number of benzene rings is 2. The van der Waals surface area contributed by atoms with Gasteiger partial charge in [-0.05, 0) is 35.9 Å². The molecule has 0 aliphatic carbocycles. The van der Waals surface area contributed by atoms with Gasteiger partial charge in [-0.1, -0.05) is 6.07 Å². The number of nitrogens with zero attached hydrogens (tertiary/aromatic N) is 2. The van der Waals surface area contributed by atoms with E-state index in [4.69, 9.17) is 9.47 Å². The Labute approximate surface area is 149 Å². The van der Waals surface area contributed by atoms with Crippen LogP contribution in [0.15, 0.2) is 36.4 Å². The van der Waals surface area contributed by atoms with Crippen molar-refractivity contribution in [1.29, 1.82) is 0 Å². The lowest BCUT2D eigenvalue weighted by Gasteiger charge is -2.34. The van der Waals surface area contributed by atoms with Crippen LogP contribution < -0.4 is 9.47 Å². The number of hydrogen-bond acceptors (Lipinski definition) is 4. The topological polar surface area (TPSA) is 42.0 Å². The predicted octanol–water partition coefficient (Wildman–Crippen LogP) is 2.65. The Hall–Kier alpha value is -2.67. The number of rotatable bonds is 3. The summed E-state index contributed by atoms with van der Waals surface area (Å²) in [5.74, 6) is -0.704. The summed E-state index contributed by atoms with van der Waals surface area (Å²) in [6.45, 7) is 3.52. The van der Waals surface area contributed by atoms with E-state index in [0.717, 1.165) is 35.7 Å². The summed E-state index contributed by atoms with van der Waals surface area (Å²) in [6.07, 6.45) is 0. The zero-order chi connectivity index (χ0) is 18.1. The Morgan fingerprint density at radius 3 is 2.46 bits per heavy atom. The normalized spacial score (nSPS) is 16.8. The number of carbonyl (C=O) groups excluding carboxylic acids is 1. The average Bonchev–Trinajstić information content (AvgIpc) is 3.12. The smallest absolute Gasteiger partial charge is 0.254 e. The summed E-state index contributed by atoms with van der Waals surface area (Å²) in [7, 11) is 0. The number of carbonyl (C=O) groups is 1. The van der Waals surface area contributed by atoms with Crippen LogP contribution in [0.4, 0.5) is 8.78 Å². The van der Waals surface area contributed by atoms with Crippen molar-refractivity contribution in [1.82, 2.24) is 9.80 Å². The van der Waals surface area contributed by atoms with Crippen molar-refractivity contribution < 1.29 is 23.0 Å². The Bertz CT molecular complexity index is 836. The van der Waals surface area contributed by atoms with Crippen LogP contribution in [0.3, 0.4) is 0 Å². The molecule has 0 spiro atoms. The number of amides is 1. The number of hydrogen-bond donors (Lipinski definition) is 0. The van der Waals surface area contributed by atoms with Crippen LogP contribution in [0.5, 0.6) is 11.5 Å². The van der Waals surface area contributed by atoms with Crippen molar-refractivity contribution >= 4 is 5.91 Å². The minimum absolute atomic E-state index is 0.174. The fourth-order valence-electron chi connectivity index (χ4n) is 3.22. The van der Waals surface area contributed by atoms with Crippen LogP contribution in [-0.2, 0) is 6.54 Å². The van der Waals surface area contributed by atoms with E-state index in [9.17, 15) is 13.6 Å².